The number of aliphatic hydroxyl groups is 1. The topological polar surface area (TPSA) is 303 Å². The zero-order valence-electron chi connectivity index (χ0n) is 25.6. The number of hydrogen-bond donors (Lipinski definition) is 10. The molecule has 0 spiro atoms. The average molecular weight is 773 g/mol. The number of nitrogens with one attached hydrogen (secondary N) is 3. The predicted octanol–water partition coefficient (Wildman–Crippen LogP) is -0.373. The molecule has 0 aromatic rings. The molecule has 0 aliphatic heterocycles. The van der Waals surface area contributed by atoms with E-state index in [4.69, 9.17) is 64.8 Å². The molecule has 0 aliphatic carbocycles. The van der Waals surface area contributed by atoms with Crippen molar-refractivity contribution >= 4 is 50.1 Å². The minimum atomic E-state index is -4.49. The van der Waals surface area contributed by atoms with E-state index in [1.54, 1.807) is 20.8 Å². The van der Waals surface area contributed by atoms with Crippen molar-refractivity contribution in [3.63, 3.8) is 0 Å². The van der Waals surface area contributed by atoms with Crippen molar-refractivity contribution in [3.8, 4) is 0 Å². The first kappa shape index (κ1) is 45.6. The lowest BCUT2D eigenvalue weighted by molar-refractivity contribution is -0.0640. The van der Waals surface area contributed by atoms with Crippen molar-refractivity contribution in [1.29, 1.82) is 0 Å². The second kappa shape index (κ2) is 23.9. The van der Waals surface area contributed by atoms with Gasteiger partial charge in [-0.2, -0.15) is 0 Å². The van der Waals surface area contributed by atoms with Crippen molar-refractivity contribution in [2.75, 3.05) is 59.8 Å². The van der Waals surface area contributed by atoms with Crippen molar-refractivity contribution in [3.05, 3.63) is 0 Å². The van der Waals surface area contributed by atoms with E-state index in [0.717, 1.165) is 0 Å². The normalized spacial score (nSPS) is 15.8. The van der Waals surface area contributed by atoms with Crippen LogP contribution in [0.25, 0.3) is 0 Å². The highest BCUT2D eigenvalue weighted by molar-refractivity contribution is 7.50. The molecule has 2 unspecified atom stereocenters. The van der Waals surface area contributed by atoms with E-state index in [9.17, 15) is 18.8 Å². The Kier molecular flexibility index (Phi) is 24.2. The van der Waals surface area contributed by atoms with Crippen LogP contribution in [0.1, 0.15) is 40.0 Å². The highest BCUT2D eigenvalue weighted by Gasteiger charge is 2.45. The van der Waals surface area contributed by atoms with Gasteiger partial charge in [0.25, 0.3) is 0 Å². The zero-order chi connectivity index (χ0) is 34.5. The molecule has 0 aromatic carbocycles. The Hall–Kier alpha value is 0.621. The lowest BCUT2D eigenvalue weighted by Gasteiger charge is -2.33. The van der Waals surface area contributed by atoms with Gasteiger partial charge in [0.1, 0.15) is 20.4 Å². The third kappa shape index (κ3) is 25.3. The number of aliphatic hydroxyl groups excluding tert-OH is 1. The van der Waals surface area contributed by atoms with Crippen LogP contribution < -0.4 is 15.3 Å². The maximum Gasteiger partial charge on any atom is 0.504 e. The molecule has 2 atom stereocenters. The molecule has 0 heterocycles. The van der Waals surface area contributed by atoms with E-state index in [1.165, 1.54) is 0 Å². The maximum absolute atomic E-state index is 11.2. The van der Waals surface area contributed by atoms with Gasteiger partial charge in [-0.05, 0) is 46.1 Å². The molecule has 0 aliphatic rings. The minimum absolute atomic E-state index is 0.0249. The van der Waals surface area contributed by atoms with Gasteiger partial charge < -0.3 is 69.9 Å². The third-order valence-electron chi connectivity index (χ3n) is 5.21. The highest BCUT2D eigenvalue weighted by Crippen LogP contribution is 2.30. The van der Waals surface area contributed by atoms with Crippen LogP contribution in [0.5, 0.6) is 0 Å². The van der Waals surface area contributed by atoms with E-state index in [0.29, 0.717) is 19.1 Å². The molecule has 21 nitrogen and oxygen atoms in total. The first-order chi connectivity index (χ1) is 20.9. The van der Waals surface area contributed by atoms with E-state index >= 15 is 0 Å². The molecule has 0 saturated heterocycles. The Morgan fingerprint density at radius 3 is 1.40 bits per heavy atom. The van der Waals surface area contributed by atoms with E-state index < -0.39 is 63.7 Å². The molecule has 1 radical (unpaired) electrons. The second-order valence-electron chi connectivity index (χ2n) is 8.79. The molecule has 0 saturated carbocycles. The maximum atomic E-state index is 11.2. The van der Waals surface area contributed by atoms with Gasteiger partial charge in [0.2, 0.25) is 0 Å². The number of rotatable bonds is 31. The summed E-state index contributed by atoms with van der Waals surface area (Å²) in [6, 6.07) is 0.458. The Labute approximate surface area is 266 Å². The summed E-state index contributed by atoms with van der Waals surface area (Å²) in [5.74, 6) is 0. The van der Waals surface area contributed by atoms with Crippen LogP contribution in [0.2, 0.25) is 18.1 Å². The summed E-state index contributed by atoms with van der Waals surface area (Å²) < 4.78 is 79.6. The summed E-state index contributed by atoms with van der Waals surface area (Å²) in [5, 5.41) is 15.7. The summed E-state index contributed by atoms with van der Waals surface area (Å²) in [6.45, 7) is 3.79. The molecule has 0 aromatic heterocycles. The van der Waals surface area contributed by atoms with Gasteiger partial charge in [-0.1, -0.05) is 0 Å². The van der Waals surface area contributed by atoms with Gasteiger partial charge in [0.15, 0.2) is 0 Å². The van der Waals surface area contributed by atoms with Crippen LogP contribution in [0, 0.1) is 0 Å². The van der Waals surface area contributed by atoms with Crippen LogP contribution >= 0.6 is 23.2 Å². The molecule has 45 heavy (non-hydrogen) atoms. The van der Waals surface area contributed by atoms with Crippen molar-refractivity contribution < 1.29 is 83.6 Å². The summed E-state index contributed by atoms with van der Waals surface area (Å²) in [5.41, 5.74) is 0. The molecular formula is C18H49N3O18P3Si3. The molecule has 0 fully saturated rings. The third-order valence-corrected chi connectivity index (χ3v) is 14.6. The molecule has 271 valence electrons. The first-order valence-electron chi connectivity index (χ1n) is 13.9. The van der Waals surface area contributed by atoms with Gasteiger partial charge in [0, 0.05) is 51.5 Å². The van der Waals surface area contributed by atoms with E-state index in [2.05, 4.69) is 15.3 Å². The quantitative estimate of drug-likeness (QED) is 0.0186. The molecule has 27 heteroatoms. The molecule has 0 bridgehead atoms. The fraction of sp³-hybridized carbons (Fsp3) is 1.00. The van der Waals surface area contributed by atoms with Crippen LogP contribution in [-0.2, 0) is 49.1 Å². The Balaban J connectivity index is 5.62. The number of hydrogen-bond acceptors (Lipinski definition) is 12. The predicted molar refractivity (Wildman–Crippen MR) is 163 cm³/mol. The summed E-state index contributed by atoms with van der Waals surface area (Å²) >= 11 is 0. The molecule has 0 amide bonds. The monoisotopic (exact) mass is 772 g/mol. The van der Waals surface area contributed by atoms with Gasteiger partial charge in [-0.25, -0.2) is 29.0 Å². The zero-order valence-corrected chi connectivity index (χ0v) is 31.3. The Bertz CT molecular complexity index is 912. The van der Waals surface area contributed by atoms with Crippen LogP contribution in [0.4, 0.5) is 0 Å². The van der Waals surface area contributed by atoms with Crippen LogP contribution in [0.15, 0.2) is 0 Å². The van der Waals surface area contributed by atoms with Gasteiger partial charge in [-0.15, -0.1) is 0 Å². The van der Waals surface area contributed by atoms with Crippen molar-refractivity contribution in [2.24, 2.45) is 0 Å². The minimum Gasteiger partial charge on any atom is -0.394 e. The van der Waals surface area contributed by atoms with Gasteiger partial charge in [0.05, 0.1) is 0 Å². The lowest BCUT2D eigenvalue weighted by atomic mass is 10.5. The lowest BCUT2D eigenvalue weighted by Crippen LogP contribution is -2.51. The fourth-order valence-corrected chi connectivity index (χ4v) is 10.8. The Morgan fingerprint density at radius 1 is 0.578 bits per heavy atom. The van der Waals surface area contributed by atoms with Crippen molar-refractivity contribution in [1.82, 2.24) is 15.3 Å². The first-order valence-corrected chi connectivity index (χ1v) is 24.1. The molecule has 0 rings (SSSR count). The van der Waals surface area contributed by atoms with E-state index in [-0.39, 0.29) is 64.6 Å². The average Bonchev–Trinajstić information content (AvgIpc) is 2.90. The van der Waals surface area contributed by atoms with Crippen molar-refractivity contribution in [2.45, 2.75) is 58.2 Å². The second-order valence-corrected chi connectivity index (χ2v) is 20.3. The van der Waals surface area contributed by atoms with Gasteiger partial charge >= 0.3 is 50.1 Å². The van der Waals surface area contributed by atoms with Crippen LogP contribution in [-0.4, -0.2) is 121 Å². The van der Waals surface area contributed by atoms with E-state index in [1.807, 2.05) is 0 Å². The smallest absolute Gasteiger partial charge is 0.394 e. The van der Waals surface area contributed by atoms with Crippen LogP contribution in [0.3, 0.4) is 0 Å². The highest BCUT2D eigenvalue weighted by atomic mass is 31.2. The largest absolute Gasteiger partial charge is 0.504 e. The summed E-state index contributed by atoms with van der Waals surface area (Å²) in [7, 11) is -22.6. The summed E-state index contributed by atoms with van der Waals surface area (Å²) in [6.07, 6.45) is 0.629. The molecular weight excluding hydrogens is 723 g/mol. The molecule has 10 N–H and O–H groups in total. The summed E-state index contributed by atoms with van der Waals surface area (Å²) in [4.78, 5) is 54.2. The SMILES string of the molecule is CCO[Si](CCCNP(=O)(O)O)OCO[Si](CCCNP(=O)(O)O)(OCC)OCO[Si](CCCNP(=O)(O)O)(OCC)OCO. The fourth-order valence-electron chi connectivity index (χ4n) is 3.48. The standard InChI is InChI=1S/C18H49N3O18P3Si3/c1-4-32-43(13-7-10-19-40(23,24)25)33-17-37-45(35-6-3,15-9-12-21-42(29,30)31)39-18-38-44(34-5-2,36-16-22)14-8-11-20-41(26,27)28/h22H,4-18H2,1-3H3,(H3,19,23,24,25)(H3,20,26,27,28)(H3,21,29,30,31). The Morgan fingerprint density at radius 2 is 1.00 bits per heavy atom. The van der Waals surface area contributed by atoms with Gasteiger partial charge in [-0.3, -0.25) is 0 Å².